The van der Waals surface area contributed by atoms with Crippen molar-refractivity contribution in [2.24, 2.45) is 0 Å². The third-order valence-corrected chi connectivity index (χ3v) is 5.65. The predicted octanol–water partition coefficient (Wildman–Crippen LogP) is 3.70. The van der Waals surface area contributed by atoms with Gasteiger partial charge in [0.1, 0.15) is 0 Å². The second-order valence-corrected chi connectivity index (χ2v) is 7.52. The first-order valence-corrected chi connectivity index (χ1v) is 9.67. The summed E-state index contributed by atoms with van der Waals surface area (Å²) in [5, 5.41) is 15.5. The number of aryl methyl sites for hydroxylation is 3. The summed E-state index contributed by atoms with van der Waals surface area (Å²) in [6.07, 6.45) is 5.23. The molecule has 0 aliphatic heterocycles. The fourth-order valence-electron chi connectivity index (χ4n) is 2.67. The van der Waals surface area contributed by atoms with Crippen LogP contribution in [-0.4, -0.2) is 21.1 Å². The van der Waals surface area contributed by atoms with E-state index in [1.807, 2.05) is 16.8 Å². The van der Waals surface area contributed by atoms with Gasteiger partial charge in [0.05, 0.1) is 5.69 Å². The molecule has 0 aromatic carbocycles. The number of rotatable bonds is 5. The van der Waals surface area contributed by atoms with Crippen molar-refractivity contribution in [1.29, 1.82) is 0 Å². The second-order valence-electron chi connectivity index (χ2n) is 5.66. The number of nitrogens with one attached hydrogen (secondary N) is 1. The molecule has 124 valence electrons. The number of carbonyl (C=O) groups is 1. The van der Waals surface area contributed by atoms with Gasteiger partial charge in [-0.1, -0.05) is 0 Å². The lowest BCUT2D eigenvalue weighted by Gasteiger charge is -2.06. The van der Waals surface area contributed by atoms with Gasteiger partial charge in [0.15, 0.2) is 5.13 Å². The van der Waals surface area contributed by atoms with Crippen LogP contribution in [0.5, 0.6) is 0 Å². The lowest BCUT2D eigenvalue weighted by molar-refractivity contribution is -0.116. The minimum absolute atomic E-state index is 0.0728. The maximum absolute atomic E-state index is 12.1. The van der Waals surface area contributed by atoms with Gasteiger partial charge in [0, 0.05) is 28.7 Å². The molecule has 1 aliphatic rings. The molecule has 0 bridgehead atoms. The molecule has 0 atom stereocenters. The fraction of sp³-hybridized carbons (Fsp3) is 0.375. The maximum atomic E-state index is 12.1. The monoisotopic (exact) mass is 360 g/mol. The minimum Gasteiger partial charge on any atom is -0.421 e. The van der Waals surface area contributed by atoms with Crippen molar-refractivity contribution in [2.75, 3.05) is 5.32 Å². The Kier molecular flexibility index (Phi) is 4.40. The molecular weight excluding hydrogens is 344 g/mol. The number of amides is 1. The number of aromatic nitrogens is 3. The van der Waals surface area contributed by atoms with Gasteiger partial charge in [-0.15, -0.1) is 21.5 Å². The first-order valence-electron chi connectivity index (χ1n) is 7.91. The molecule has 0 spiro atoms. The third kappa shape index (κ3) is 3.39. The summed E-state index contributed by atoms with van der Waals surface area (Å²) in [6, 6.07) is 1.93. The van der Waals surface area contributed by atoms with Crippen molar-refractivity contribution in [3.05, 3.63) is 33.3 Å². The van der Waals surface area contributed by atoms with E-state index in [0.29, 0.717) is 29.8 Å². The molecule has 1 N–H and O–H groups in total. The molecule has 3 heterocycles. The lowest BCUT2D eigenvalue weighted by Crippen LogP contribution is -2.12. The molecule has 0 unspecified atom stereocenters. The lowest BCUT2D eigenvalue weighted by atomic mass is 10.0. The zero-order valence-corrected chi connectivity index (χ0v) is 14.6. The molecule has 6 nitrogen and oxygen atoms in total. The number of nitrogens with zero attached hydrogens (tertiary/aromatic N) is 3. The molecule has 0 saturated carbocycles. The van der Waals surface area contributed by atoms with Gasteiger partial charge >= 0.3 is 0 Å². The number of fused-ring (bicyclic) bond motifs is 1. The smallest absolute Gasteiger partial charge is 0.248 e. The molecule has 24 heavy (non-hydrogen) atoms. The van der Waals surface area contributed by atoms with E-state index < -0.39 is 0 Å². The standard InChI is InChI=1S/C16H16N4O2S2/c21-13(18-16-17-11-3-1-2-4-12(11)24-16)5-6-14-19-20-15(22-14)10-7-8-23-9-10/h7-9H,1-6H2,(H,17,18,21). The van der Waals surface area contributed by atoms with Crippen LogP contribution >= 0.6 is 22.7 Å². The SMILES string of the molecule is O=C(CCc1nnc(-c2ccsc2)o1)Nc1nc2c(s1)CCCC2. The van der Waals surface area contributed by atoms with Crippen LogP contribution in [0.3, 0.4) is 0 Å². The normalized spacial score (nSPS) is 13.7. The van der Waals surface area contributed by atoms with Crippen molar-refractivity contribution in [3.63, 3.8) is 0 Å². The number of thiazole rings is 1. The van der Waals surface area contributed by atoms with E-state index in [9.17, 15) is 4.79 Å². The largest absolute Gasteiger partial charge is 0.421 e. The highest BCUT2D eigenvalue weighted by Crippen LogP contribution is 2.29. The molecule has 0 fully saturated rings. The summed E-state index contributed by atoms with van der Waals surface area (Å²) in [4.78, 5) is 17.9. The molecule has 1 aliphatic carbocycles. The Bertz CT molecular complexity index is 815. The summed E-state index contributed by atoms with van der Waals surface area (Å²) in [5.41, 5.74) is 2.07. The predicted molar refractivity (Wildman–Crippen MR) is 93.3 cm³/mol. The van der Waals surface area contributed by atoms with Crippen molar-refractivity contribution in [1.82, 2.24) is 15.2 Å². The van der Waals surface area contributed by atoms with Gasteiger partial charge in [-0.05, 0) is 37.1 Å². The average Bonchev–Trinajstić information content (AvgIpc) is 3.31. The Morgan fingerprint density at radius 2 is 2.21 bits per heavy atom. The van der Waals surface area contributed by atoms with Crippen LogP contribution in [0.25, 0.3) is 11.5 Å². The van der Waals surface area contributed by atoms with Gasteiger partial charge in [0.2, 0.25) is 17.7 Å². The highest BCUT2D eigenvalue weighted by Gasteiger charge is 2.17. The van der Waals surface area contributed by atoms with Gasteiger partial charge in [-0.2, -0.15) is 11.3 Å². The van der Waals surface area contributed by atoms with Crippen LogP contribution in [0, 0.1) is 0 Å². The van der Waals surface area contributed by atoms with E-state index >= 15 is 0 Å². The molecule has 0 saturated heterocycles. The van der Waals surface area contributed by atoms with Crippen molar-refractivity contribution < 1.29 is 9.21 Å². The second kappa shape index (κ2) is 6.82. The Morgan fingerprint density at radius 1 is 1.29 bits per heavy atom. The fourth-order valence-corrected chi connectivity index (χ4v) is 4.36. The molecule has 1 amide bonds. The summed E-state index contributed by atoms with van der Waals surface area (Å²) in [6.45, 7) is 0. The highest BCUT2D eigenvalue weighted by atomic mass is 32.1. The first kappa shape index (κ1) is 15.5. The maximum Gasteiger partial charge on any atom is 0.248 e. The van der Waals surface area contributed by atoms with Crippen LogP contribution < -0.4 is 5.32 Å². The van der Waals surface area contributed by atoms with Crippen molar-refractivity contribution in [3.8, 4) is 11.5 Å². The van der Waals surface area contributed by atoms with Crippen LogP contribution in [-0.2, 0) is 24.1 Å². The van der Waals surface area contributed by atoms with E-state index in [0.717, 1.165) is 24.1 Å². The molecule has 3 aromatic rings. The van der Waals surface area contributed by atoms with Crippen LogP contribution in [0.15, 0.2) is 21.2 Å². The van der Waals surface area contributed by atoms with Gasteiger partial charge in [-0.25, -0.2) is 4.98 Å². The van der Waals surface area contributed by atoms with E-state index in [-0.39, 0.29) is 5.91 Å². The molecular formula is C16H16N4O2S2. The van der Waals surface area contributed by atoms with E-state index in [1.54, 1.807) is 22.7 Å². The van der Waals surface area contributed by atoms with Gasteiger partial charge in [0.25, 0.3) is 0 Å². The summed E-state index contributed by atoms with van der Waals surface area (Å²) in [5.74, 6) is 0.903. The topological polar surface area (TPSA) is 80.9 Å². The van der Waals surface area contributed by atoms with Crippen LogP contribution in [0.1, 0.15) is 35.7 Å². The molecule has 4 rings (SSSR count). The summed E-state index contributed by atoms with van der Waals surface area (Å²) < 4.78 is 5.59. The molecule has 8 heteroatoms. The Morgan fingerprint density at radius 3 is 3.04 bits per heavy atom. The van der Waals surface area contributed by atoms with Gasteiger partial charge in [-0.3, -0.25) is 4.79 Å². The minimum atomic E-state index is -0.0728. The zero-order valence-electron chi connectivity index (χ0n) is 12.9. The number of hydrogen-bond donors (Lipinski definition) is 1. The molecule has 3 aromatic heterocycles. The van der Waals surface area contributed by atoms with Crippen LogP contribution in [0.4, 0.5) is 5.13 Å². The molecule has 0 radical (unpaired) electrons. The van der Waals surface area contributed by atoms with Gasteiger partial charge < -0.3 is 9.73 Å². The van der Waals surface area contributed by atoms with E-state index in [2.05, 4.69) is 20.5 Å². The first-order chi connectivity index (χ1) is 11.8. The number of carbonyl (C=O) groups excluding carboxylic acids is 1. The third-order valence-electron chi connectivity index (χ3n) is 3.89. The number of anilines is 1. The highest BCUT2D eigenvalue weighted by molar-refractivity contribution is 7.15. The van der Waals surface area contributed by atoms with E-state index in [1.165, 1.54) is 17.7 Å². The summed E-state index contributed by atoms with van der Waals surface area (Å²) >= 11 is 3.17. The quantitative estimate of drug-likeness (QED) is 0.750. The summed E-state index contributed by atoms with van der Waals surface area (Å²) in [7, 11) is 0. The Balaban J connectivity index is 1.33. The average molecular weight is 360 g/mol. The Hall–Kier alpha value is -2.06. The number of hydrogen-bond acceptors (Lipinski definition) is 7. The number of thiophene rings is 1. The van der Waals surface area contributed by atoms with Crippen LogP contribution in [0.2, 0.25) is 0 Å². The van der Waals surface area contributed by atoms with E-state index in [4.69, 9.17) is 4.42 Å². The van der Waals surface area contributed by atoms with Crippen molar-refractivity contribution in [2.45, 2.75) is 38.5 Å². The van der Waals surface area contributed by atoms with Crippen molar-refractivity contribution >= 4 is 33.7 Å². The Labute approximate surface area is 147 Å². The zero-order chi connectivity index (χ0) is 16.4.